The van der Waals surface area contributed by atoms with E-state index in [0.29, 0.717) is 23.7 Å². The number of phenols is 1. The molecule has 0 spiro atoms. The fraction of sp³-hybridized carbons (Fsp3) is 0.500. The highest BCUT2D eigenvalue weighted by molar-refractivity contribution is 5.81. The molecule has 2 unspecified atom stereocenters. The summed E-state index contributed by atoms with van der Waals surface area (Å²) in [6.07, 6.45) is 10.5. The predicted octanol–water partition coefficient (Wildman–Crippen LogP) is 4.96. The van der Waals surface area contributed by atoms with Crippen LogP contribution in [0.4, 0.5) is 0 Å². The summed E-state index contributed by atoms with van der Waals surface area (Å²) in [6.45, 7) is 2.06. The fourth-order valence-corrected chi connectivity index (χ4v) is 6.02. The predicted molar refractivity (Wildman–Crippen MR) is 109 cm³/mol. The summed E-state index contributed by atoms with van der Waals surface area (Å²) in [6, 6.07) is 9.25. The maximum atomic E-state index is 12.4. The van der Waals surface area contributed by atoms with Crippen LogP contribution in [0, 0.1) is 29.6 Å². The van der Waals surface area contributed by atoms with Crippen molar-refractivity contribution in [2.24, 2.45) is 29.6 Å². The van der Waals surface area contributed by atoms with E-state index < -0.39 is 0 Å². The quantitative estimate of drug-likeness (QED) is 0.752. The van der Waals surface area contributed by atoms with Gasteiger partial charge in [0, 0.05) is 11.3 Å². The highest BCUT2D eigenvalue weighted by atomic mass is 16.6. The second kappa shape index (κ2) is 6.91. The van der Waals surface area contributed by atoms with Crippen LogP contribution in [0.15, 0.2) is 36.4 Å². The molecule has 0 amide bonds. The summed E-state index contributed by atoms with van der Waals surface area (Å²) in [5.41, 5.74) is 1.80. The van der Waals surface area contributed by atoms with Crippen LogP contribution in [-0.4, -0.2) is 22.2 Å². The van der Waals surface area contributed by atoms with Gasteiger partial charge in [-0.25, -0.2) is 4.98 Å². The number of cyclic esters (lactones) is 1. The van der Waals surface area contributed by atoms with E-state index in [1.807, 2.05) is 18.2 Å². The van der Waals surface area contributed by atoms with E-state index in [9.17, 15) is 9.90 Å². The maximum Gasteiger partial charge on any atom is 0.309 e. The number of fused-ring (bicyclic) bond motifs is 3. The number of phenolic OH excluding ortho intramolecular Hbond substituents is 1. The number of pyridine rings is 1. The van der Waals surface area contributed by atoms with Crippen molar-refractivity contribution in [1.82, 2.24) is 4.98 Å². The number of aromatic hydroxyl groups is 1. The molecule has 6 atom stereocenters. The molecule has 4 heteroatoms. The fourth-order valence-electron chi connectivity index (χ4n) is 6.02. The minimum absolute atomic E-state index is 0.00237. The van der Waals surface area contributed by atoms with E-state index in [4.69, 9.17) is 9.72 Å². The van der Waals surface area contributed by atoms with Gasteiger partial charge in [-0.2, -0.15) is 0 Å². The molecule has 1 aromatic heterocycles. The Morgan fingerprint density at radius 1 is 1.18 bits per heavy atom. The van der Waals surface area contributed by atoms with Gasteiger partial charge in [-0.3, -0.25) is 4.79 Å². The molecular formula is C24H27NO3. The van der Waals surface area contributed by atoms with Crippen molar-refractivity contribution in [1.29, 1.82) is 0 Å². The number of rotatable bonds is 2. The van der Waals surface area contributed by atoms with E-state index in [-0.39, 0.29) is 23.7 Å². The molecule has 0 radical (unpaired) electrons. The Labute approximate surface area is 165 Å². The van der Waals surface area contributed by atoms with Gasteiger partial charge in [0.1, 0.15) is 11.9 Å². The van der Waals surface area contributed by atoms with Gasteiger partial charge in [-0.1, -0.05) is 31.4 Å². The molecule has 1 N–H and O–H groups in total. The molecule has 3 aliphatic rings. The number of ether oxygens (including phenoxy) is 1. The van der Waals surface area contributed by atoms with Crippen LogP contribution >= 0.6 is 0 Å². The number of aromatic nitrogens is 1. The maximum absolute atomic E-state index is 12.4. The normalized spacial score (nSPS) is 35.0. The number of carbonyl (C=O) groups is 1. The summed E-state index contributed by atoms with van der Waals surface area (Å²) >= 11 is 0. The monoisotopic (exact) mass is 377 g/mol. The standard InChI is InChI=1S/C24H27NO3/c1-14-23-20(19-5-3-2-4-15(19)13-21(23)24(27)28-14)10-8-17-7-6-16-12-18(26)9-11-22(16)25-17/h6-12,14-15,19-21,23,26H,2-5,13H2,1H3/b10-8+/t14-,15+,19?,20?,21-,23+/m1/s1. The first-order valence-corrected chi connectivity index (χ1v) is 10.6. The van der Waals surface area contributed by atoms with E-state index >= 15 is 0 Å². The summed E-state index contributed by atoms with van der Waals surface area (Å²) in [5, 5.41) is 10.6. The number of hydrogen-bond donors (Lipinski definition) is 1. The van der Waals surface area contributed by atoms with E-state index in [2.05, 4.69) is 19.1 Å². The van der Waals surface area contributed by atoms with E-state index in [0.717, 1.165) is 23.0 Å². The van der Waals surface area contributed by atoms with Crippen molar-refractivity contribution in [2.45, 2.75) is 45.1 Å². The van der Waals surface area contributed by atoms with Gasteiger partial charge in [0.05, 0.1) is 17.1 Å². The van der Waals surface area contributed by atoms with Gasteiger partial charge in [-0.15, -0.1) is 0 Å². The Hall–Kier alpha value is -2.36. The molecule has 3 fully saturated rings. The van der Waals surface area contributed by atoms with Crippen LogP contribution in [0.5, 0.6) is 5.75 Å². The minimum atomic E-state index is 0.00237. The first-order valence-electron chi connectivity index (χ1n) is 10.6. The highest BCUT2D eigenvalue weighted by Crippen LogP contribution is 2.53. The highest BCUT2D eigenvalue weighted by Gasteiger charge is 2.53. The molecule has 5 rings (SSSR count). The Bertz CT molecular complexity index is 937. The molecule has 0 bridgehead atoms. The van der Waals surface area contributed by atoms with Crippen LogP contribution in [0.2, 0.25) is 0 Å². The lowest BCUT2D eigenvalue weighted by Gasteiger charge is -2.45. The van der Waals surface area contributed by atoms with Crippen molar-refractivity contribution >= 4 is 22.9 Å². The average molecular weight is 377 g/mol. The number of nitrogens with zero attached hydrogens (tertiary/aromatic N) is 1. The van der Waals surface area contributed by atoms with Crippen LogP contribution in [0.1, 0.15) is 44.7 Å². The molecule has 2 saturated carbocycles. The summed E-state index contributed by atoms with van der Waals surface area (Å²) < 4.78 is 5.65. The van der Waals surface area contributed by atoms with Crippen LogP contribution in [0.25, 0.3) is 17.0 Å². The topological polar surface area (TPSA) is 59.4 Å². The van der Waals surface area contributed by atoms with E-state index in [1.165, 1.54) is 25.7 Å². The lowest BCUT2D eigenvalue weighted by Crippen LogP contribution is -2.42. The van der Waals surface area contributed by atoms with E-state index in [1.54, 1.807) is 12.1 Å². The molecule has 2 aliphatic carbocycles. The molecule has 1 aromatic carbocycles. The molecule has 2 aromatic rings. The summed E-state index contributed by atoms with van der Waals surface area (Å²) in [7, 11) is 0. The largest absolute Gasteiger partial charge is 0.508 e. The lowest BCUT2D eigenvalue weighted by atomic mass is 9.57. The molecule has 146 valence electrons. The van der Waals surface area contributed by atoms with Gasteiger partial charge in [-0.05, 0) is 67.9 Å². The second-order valence-electron chi connectivity index (χ2n) is 8.82. The zero-order chi connectivity index (χ0) is 19.3. The Morgan fingerprint density at radius 2 is 2.04 bits per heavy atom. The van der Waals surface area contributed by atoms with Crippen molar-refractivity contribution in [3.63, 3.8) is 0 Å². The van der Waals surface area contributed by atoms with Crippen molar-refractivity contribution in [3.05, 3.63) is 42.1 Å². The molecule has 1 aliphatic heterocycles. The minimum Gasteiger partial charge on any atom is -0.508 e. The average Bonchev–Trinajstić information content (AvgIpc) is 2.98. The van der Waals surface area contributed by atoms with Crippen molar-refractivity contribution in [3.8, 4) is 5.75 Å². The summed E-state index contributed by atoms with van der Waals surface area (Å²) in [4.78, 5) is 17.1. The third kappa shape index (κ3) is 2.99. The number of carbonyl (C=O) groups excluding carboxylic acids is 1. The van der Waals surface area contributed by atoms with Crippen LogP contribution < -0.4 is 0 Å². The van der Waals surface area contributed by atoms with Gasteiger partial charge < -0.3 is 9.84 Å². The summed E-state index contributed by atoms with van der Waals surface area (Å²) in [5.74, 6) is 2.31. The Morgan fingerprint density at radius 3 is 2.93 bits per heavy atom. The number of esters is 1. The van der Waals surface area contributed by atoms with Gasteiger partial charge in [0.15, 0.2) is 0 Å². The molecule has 1 saturated heterocycles. The van der Waals surface area contributed by atoms with Crippen molar-refractivity contribution in [2.75, 3.05) is 0 Å². The smallest absolute Gasteiger partial charge is 0.309 e. The van der Waals surface area contributed by atoms with Crippen LogP contribution in [-0.2, 0) is 9.53 Å². The third-order valence-electron chi connectivity index (χ3n) is 7.26. The molecule has 4 nitrogen and oxygen atoms in total. The molecule has 28 heavy (non-hydrogen) atoms. The van der Waals surface area contributed by atoms with Gasteiger partial charge in [0.2, 0.25) is 0 Å². The SMILES string of the molecule is C[C@H]1OC(=O)[C@@H]2C[C@@H]3CCCCC3C(/C=C/c3ccc4cc(O)ccc4n3)[C@H]12. The second-order valence-corrected chi connectivity index (χ2v) is 8.82. The van der Waals surface area contributed by atoms with Crippen LogP contribution in [0.3, 0.4) is 0 Å². The Kier molecular flexibility index (Phi) is 4.37. The molecule has 2 heterocycles. The third-order valence-corrected chi connectivity index (χ3v) is 7.26. The van der Waals surface area contributed by atoms with Gasteiger partial charge >= 0.3 is 5.97 Å². The van der Waals surface area contributed by atoms with Gasteiger partial charge in [0.25, 0.3) is 0 Å². The number of allylic oxidation sites excluding steroid dienone is 1. The first-order chi connectivity index (χ1) is 13.6. The number of benzene rings is 1. The Balaban J connectivity index is 1.47. The number of hydrogen-bond acceptors (Lipinski definition) is 4. The lowest BCUT2D eigenvalue weighted by molar-refractivity contribution is -0.144. The molecular weight excluding hydrogens is 350 g/mol. The zero-order valence-electron chi connectivity index (χ0n) is 16.3. The zero-order valence-corrected chi connectivity index (χ0v) is 16.3. The first kappa shape index (κ1) is 17.7. The van der Waals surface area contributed by atoms with Crippen molar-refractivity contribution < 1.29 is 14.6 Å².